The maximum Gasteiger partial charge on any atom is 0.260 e. The van der Waals surface area contributed by atoms with Crippen molar-refractivity contribution >= 4 is 17.5 Å². The lowest BCUT2D eigenvalue weighted by Gasteiger charge is -2.15. The van der Waals surface area contributed by atoms with E-state index >= 15 is 0 Å². The maximum atomic E-state index is 11.6. The van der Waals surface area contributed by atoms with Gasteiger partial charge in [0.05, 0.1) is 5.02 Å². The second kappa shape index (κ2) is 7.14. The summed E-state index contributed by atoms with van der Waals surface area (Å²) in [5.74, 6) is 0.366. The monoisotopic (exact) mass is 256 g/mol. The topological polar surface area (TPSA) is 50.4 Å². The van der Waals surface area contributed by atoms with Crippen molar-refractivity contribution in [3.63, 3.8) is 0 Å². The summed E-state index contributed by atoms with van der Waals surface area (Å²) in [5.41, 5.74) is 0. The van der Waals surface area contributed by atoms with E-state index in [-0.39, 0.29) is 5.91 Å². The van der Waals surface area contributed by atoms with Crippen molar-refractivity contribution in [1.29, 1.82) is 0 Å². The third-order valence-corrected chi connectivity index (χ3v) is 2.50. The lowest BCUT2D eigenvalue weighted by molar-refractivity contribution is -0.127. The first-order valence-corrected chi connectivity index (χ1v) is 5.86. The molecule has 94 valence electrons. The fourth-order valence-corrected chi connectivity index (χ4v) is 1.42. The highest BCUT2D eigenvalue weighted by atomic mass is 35.5. The number of carbonyl (C=O) groups is 1. The van der Waals surface area contributed by atoms with Gasteiger partial charge in [-0.3, -0.25) is 4.79 Å². The average molecular weight is 257 g/mol. The van der Waals surface area contributed by atoms with E-state index in [1.807, 2.05) is 19.2 Å². The zero-order valence-corrected chi connectivity index (χ0v) is 10.8. The number of likely N-dealkylation sites (N-methyl/N-ethyl adjacent to an activating group) is 1. The van der Waals surface area contributed by atoms with Crippen molar-refractivity contribution in [3.05, 3.63) is 29.3 Å². The van der Waals surface area contributed by atoms with E-state index < -0.39 is 6.10 Å². The number of nitrogens with one attached hydrogen (secondary N) is 2. The molecule has 0 fully saturated rings. The number of hydrogen-bond acceptors (Lipinski definition) is 3. The van der Waals surface area contributed by atoms with E-state index in [0.717, 1.165) is 6.54 Å². The van der Waals surface area contributed by atoms with E-state index in [1.165, 1.54) is 0 Å². The fraction of sp³-hybridized carbons (Fsp3) is 0.417. The molecule has 0 aliphatic rings. The van der Waals surface area contributed by atoms with Gasteiger partial charge in [0, 0.05) is 13.1 Å². The van der Waals surface area contributed by atoms with Gasteiger partial charge in [0.15, 0.2) is 6.10 Å². The Morgan fingerprint density at radius 1 is 1.41 bits per heavy atom. The van der Waals surface area contributed by atoms with E-state index in [2.05, 4.69) is 10.6 Å². The highest BCUT2D eigenvalue weighted by Crippen LogP contribution is 2.24. The third-order valence-electron chi connectivity index (χ3n) is 2.18. The molecule has 4 nitrogen and oxygen atoms in total. The van der Waals surface area contributed by atoms with Gasteiger partial charge in [-0.1, -0.05) is 23.7 Å². The molecule has 1 atom stereocenters. The number of benzene rings is 1. The van der Waals surface area contributed by atoms with E-state index in [1.54, 1.807) is 19.1 Å². The zero-order valence-electron chi connectivity index (χ0n) is 10.00. The summed E-state index contributed by atoms with van der Waals surface area (Å²) >= 11 is 5.93. The van der Waals surface area contributed by atoms with Crippen molar-refractivity contribution in [3.8, 4) is 5.75 Å². The molecule has 0 radical (unpaired) electrons. The SMILES string of the molecule is CNCCNC(=O)C(C)Oc1ccccc1Cl. The molecule has 17 heavy (non-hydrogen) atoms. The van der Waals surface area contributed by atoms with Gasteiger partial charge >= 0.3 is 0 Å². The van der Waals surface area contributed by atoms with Crippen LogP contribution in [0.3, 0.4) is 0 Å². The first kappa shape index (κ1) is 13.8. The van der Waals surface area contributed by atoms with Crippen molar-refractivity contribution in [2.45, 2.75) is 13.0 Å². The van der Waals surface area contributed by atoms with Gasteiger partial charge in [0.1, 0.15) is 5.75 Å². The molecule has 0 saturated carbocycles. The third kappa shape index (κ3) is 4.63. The first-order chi connectivity index (χ1) is 8.15. The molecular weight excluding hydrogens is 240 g/mol. The van der Waals surface area contributed by atoms with Crippen molar-refractivity contribution in [2.75, 3.05) is 20.1 Å². The Labute approximate surface area is 106 Å². The van der Waals surface area contributed by atoms with Crippen LogP contribution >= 0.6 is 11.6 Å². The smallest absolute Gasteiger partial charge is 0.260 e. The Kier molecular flexibility index (Phi) is 5.80. The van der Waals surface area contributed by atoms with Crippen molar-refractivity contribution < 1.29 is 9.53 Å². The Morgan fingerprint density at radius 2 is 2.12 bits per heavy atom. The number of para-hydroxylation sites is 1. The summed E-state index contributed by atoms with van der Waals surface area (Å²) in [6.07, 6.45) is -0.563. The minimum atomic E-state index is -0.563. The van der Waals surface area contributed by atoms with Crippen LogP contribution in [0.1, 0.15) is 6.92 Å². The summed E-state index contributed by atoms with van der Waals surface area (Å²) in [5, 5.41) is 6.20. The number of rotatable bonds is 6. The van der Waals surface area contributed by atoms with Crippen molar-refractivity contribution in [2.24, 2.45) is 0 Å². The van der Waals surface area contributed by atoms with Gasteiger partial charge in [-0.05, 0) is 26.1 Å². The summed E-state index contributed by atoms with van der Waals surface area (Å²) in [6, 6.07) is 7.09. The van der Waals surface area contributed by atoms with E-state index in [9.17, 15) is 4.79 Å². The summed E-state index contributed by atoms with van der Waals surface area (Å²) in [7, 11) is 1.83. The van der Waals surface area contributed by atoms with Gasteiger partial charge < -0.3 is 15.4 Å². The number of carbonyl (C=O) groups excluding carboxylic acids is 1. The minimum absolute atomic E-state index is 0.153. The van der Waals surface area contributed by atoms with Crippen LogP contribution in [0.15, 0.2) is 24.3 Å². The lowest BCUT2D eigenvalue weighted by atomic mass is 10.3. The largest absolute Gasteiger partial charge is 0.479 e. The van der Waals surface area contributed by atoms with Crippen LogP contribution in [-0.4, -0.2) is 32.1 Å². The summed E-state index contributed by atoms with van der Waals surface area (Å²) in [6.45, 7) is 2.99. The van der Waals surface area contributed by atoms with Crippen LogP contribution in [-0.2, 0) is 4.79 Å². The standard InChI is InChI=1S/C12H17ClN2O2/c1-9(12(16)15-8-7-14-2)17-11-6-4-3-5-10(11)13/h3-6,9,14H,7-8H2,1-2H3,(H,15,16). The molecule has 0 aromatic heterocycles. The summed E-state index contributed by atoms with van der Waals surface area (Å²) in [4.78, 5) is 11.6. The van der Waals surface area contributed by atoms with Crippen LogP contribution in [0, 0.1) is 0 Å². The molecule has 5 heteroatoms. The zero-order chi connectivity index (χ0) is 12.7. The molecule has 0 spiro atoms. The fourth-order valence-electron chi connectivity index (χ4n) is 1.24. The van der Waals surface area contributed by atoms with Crippen LogP contribution in [0.2, 0.25) is 5.02 Å². The predicted octanol–water partition coefficient (Wildman–Crippen LogP) is 1.44. The highest BCUT2D eigenvalue weighted by Gasteiger charge is 2.14. The van der Waals surface area contributed by atoms with Crippen LogP contribution in [0.5, 0.6) is 5.75 Å². The maximum absolute atomic E-state index is 11.6. The average Bonchev–Trinajstić information content (AvgIpc) is 2.32. The van der Waals surface area contributed by atoms with Crippen molar-refractivity contribution in [1.82, 2.24) is 10.6 Å². The molecule has 0 aliphatic heterocycles. The van der Waals surface area contributed by atoms with Gasteiger partial charge in [-0.2, -0.15) is 0 Å². The Hall–Kier alpha value is -1.26. The quantitative estimate of drug-likeness (QED) is 0.758. The number of ether oxygens (including phenoxy) is 1. The van der Waals surface area contributed by atoms with E-state index in [0.29, 0.717) is 17.3 Å². The first-order valence-electron chi connectivity index (χ1n) is 5.48. The molecule has 0 saturated heterocycles. The molecule has 2 N–H and O–H groups in total. The normalized spacial score (nSPS) is 11.9. The van der Waals surface area contributed by atoms with Gasteiger partial charge in [-0.25, -0.2) is 0 Å². The lowest BCUT2D eigenvalue weighted by Crippen LogP contribution is -2.39. The van der Waals surface area contributed by atoms with Crippen LogP contribution < -0.4 is 15.4 Å². The molecular formula is C12H17ClN2O2. The number of halogens is 1. The second-order valence-electron chi connectivity index (χ2n) is 3.59. The van der Waals surface area contributed by atoms with Crippen LogP contribution in [0.4, 0.5) is 0 Å². The van der Waals surface area contributed by atoms with Gasteiger partial charge in [0.2, 0.25) is 0 Å². The minimum Gasteiger partial charge on any atom is -0.479 e. The molecule has 0 bridgehead atoms. The number of amides is 1. The van der Waals surface area contributed by atoms with Gasteiger partial charge in [-0.15, -0.1) is 0 Å². The Morgan fingerprint density at radius 3 is 2.76 bits per heavy atom. The molecule has 1 rings (SSSR count). The van der Waals surface area contributed by atoms with Gasteiger partial charge in [0.25, 0.3) is 5.91 Å². The Balaban J connectivity index is 2.46. The molecule has 0 aliphatic carbocycles. The molecule has 1 aromatic carbocycles. The number of hydrogen-bond donors (Lipinski definition) is 2. The predicted molar refractivity (Wildman–Crippen MR) is 68.5 cm³/mol. The second-order valence-corrected chi connectivity index (χ2v) is 3.99. The molecule has 0 heterocycles. The van der Waals surface area contributed by atoms with Crippen LogP contribution in [0.25, 0.3) is 0 Å². The summed E-state index contributed by atoms with van der Waals surface area (Å²) < 4.78 is 5.47. The molecule has 1 unspecified atom stereocenters. The molecule has 1 aromatic rings. The highest BCUT2D eigenvalue weighted by molar-refractivity contribution is 6.32. The molecule has 1 amide bonds. The Bertz CT molecular complexity index is 371. The van der Waals surface area contributed by atoms with E-state index in [4.69, 9.17) is 16.3 Å².